The summed E-state index contributed by atoms with van der Waals surface area (Å²) in [6, 6.07) is 7.84. The summed E-state index contributed by atoms with van der Waals surface area (Å²) >= 11 is 0. The van der Waals surface area contributed by atoms with E-state index in [4.69, 9.17) is 10.6 Å². The van der Waals surface area contributed by atoms with Gasteiger partial charge in [0.25, 0.3) is 5.91 Å². The van der Waals surface area contributed by atoms with Crippen molar-refractivity contribution >= 4 is 5.91 Å². The molecule has 1 atom stereocenters. The van der Waals surface area contributed by atoms with Crippen LogP contribution in [0.25, 0.3) is 0 Å². The maximum Gasteiger partial charge on any atom is 0.274 e. The number of benzene rings is 1. The molecule has 0 saturated carbocycles. The lowest BCUT2D eigenvalue weighted by molar-refractivity contribution is -0.128. The molecule has 3 N–H and O–H groups in total. The molecule has 0 aliphatic carbocycles. The van der Waals surface area contributed by atoms with Crippen LogP contribution in [0.15, 0.2) is 24.3 Å². The number of amides is 1. The van der Waals surface area contributed by atoms with Gasteiger partial charge in [-0.1, -0.05) is 46.2 Å². The van der Waals surface area contributed by atoms with Crippen LogP contribution in [0.1, 0.15) is 46.1 Å². The summed E-state index contributed by atoms with van der Waals surface area (Å²) in [6.07, 6.45) is 0.970. The summed E-state index contributed by atoms with van der Waals surface area (Å²) in [7, 11) is 0. The lowest BCUT2D eigenvalue weighted by atomic mass is 9.87. The highest BCUT2D eigenvalue weighted by molar-refractivity contribution is 5.80. The average molecular weight is 264 g/mol. The number of ether oxygens (including phenoxy) is 1. The number of hydrogen-bond donors (Lipinski definition) is 2. The predicted molar refractivity (Wildman–Crippen MR) is 76.8 cm³/mol. The molecule has 106 valence electrons. The highest BCUT2D eigenvalue weighted by Crippen LogP contribution is 2.25. The molecule has 0 spiro atoms. The number of hydrogen-bond acceptors (Lipinski definition) is 3. The molecule has 19 heavy (non-hydrogen) atoms. The second-order valence-corrected chi connectivity index (χ2v) is 5.68. The first-order valence-corrected chi connectivity index (χ1v) is 6.66. The number of carbonyl (C=O) groups excluding carboxylic acids is 1. The Kier molecular flexibility index (Phi) is 5.36. The Morgan fingerprint density at radius 1 is 1.32 bits per heavy atom. The summed E-state index contributed by atoms with van der Waals surface area (Å²) < 4.78 is 5.68. The molecule has 1 rings (SSSR count). The Hall–Kier alpha value is -1.55. The number of rotatable bonds is 5. The van der Waals surface area contributed by atoms with Crippen LogP contribution >= 0.6 is 0 Å². The van der Waals surface area contributed by atoms with E-state index in [1.807, 2.05) is 31.2 Å². The van der Waals surface area contributed by atoms with E-state index in [0.717, 1.165) is 6.42 Å². The molecule has 1 amide bonds. The highest BCUT2D eigenvalue weighted by atomic mass is 16.5. The third-order valence-electron chi connectivity index (χ3n) is 2.98. The second kappa shape index (κ2) is 6.57. The number of carbonyl (C=O) groups is 1. The van der Waals surface area contributed by atoms with Crippen molar-refractivity contribution in [2.45, 2.75) is 52.1 Å². The number of nitrogens with one attached hydrogen (secondary N) is 1. The van der Waals surface area contributed by atoms with Crippen LogP contribution in [0, 0.1) is 0 Å². The molecule has 0 bridgehead atoms. The van der Waals surface area contributed by atoms with E-state index in [2.05, 4.69) is 26.2 Å². The maximum atomic E-state index is 11.6. The van der Waals surface area contributed by atoms with Gasteiger partial charge in [0.15, 0.2) is 6.10 Å². The Balaban J connectivity index is 2.78. The molecule has 0 radical (unpaired) electrons. The van der Waals surface area contributed by atoms with Gasteiger partial charge in [-0.3, -0.25) is 10.2 Å². The average Bonchev–Trinajstić information content (AvgIpc) is 2.37. The van der Waals surface area contributed by atoms with Crippen LogP contribution in [0.5, 0.6) is 5.75 Å². The fourth-order valence-corrected chi connectivity index (χ4v) is 1.80. The largest absolute Gasteiger partial charge is 0.481 e. The molecule has 0 aliphatic heterocycles. The maximum absolute atomic E-state index is 11.6. The quantitative estimate of drug-likeness (QED) is 0.488. The summed E-state index contributed by atoms with van der Waals surface area (Å²) in [5.41, 5.74) is 3.48. The molecular formula is C15H24N2O2. The van der Waals surface area contributed by atoms with Gasteiger partial charge in [0.05, 0.1) is 0 Å². The smallest absolute Gasteiger partial charge is 0.274 e. The number of nitrogens with two attached hydrogens (primary N) is 1. The molecule has 0 saturated heterocycles. The molecule has 4 nitrogen and oxygen atoms in total. The Bertz CT molecular complexity index is 407. The van der Waals surface area contributed by atoms with Gasteiger partial charge in [0.1, 0.15) is 5.75 Å². The van der Waals surface area contributed by atoms with Gasteiger partial charge < -0.3 is 4.74 Å². The van der Waals surface area contributed by atoms with E-state index in [-0.39, 0.29) is 11.3 Å². The van der Waals surface area contributed by atoms with Gasteiger partial charge in [-0.25, -0.2) is 5.84 Å². The van der Waals surface area contributed by atoms with Crippen LogP contribution < -0.4 is 16.0 Å². The van der Waals surface area contributed by atoms with Crippen molar-refractivity contribution in [3.8, 4) is 5.75 Å². The van der Waals surface area contributed by atoms with Crippen LogP contribution in [0.3, 0.4) is 0 Å². The third-order valence-corrected chi connectivity index (χ3v) is 2.98. The predicted octanol–water partition coefficient (Wildman–Crippen LogP) is 2.52. The summed E-state index contributed by atoms with van der Waals surface area (Å²) in [4.78, 5) is 11.6. The Labute approximate surface area is 115 Å². The van der Waals surface area contributed by atoms with Crippen LogP contribution in [-0.4, -0.2) is 12.0 Å². The van der Waals surface area contributed by atoms with Crippen molar-refractivity contribution in [3.63, 3.8) is 0 Å². The van der Waals surface area contributed by atoms with Crippen molar-refractivity contribution in [2.75, 3.05) is 0 Å². The minimum Gasteiger partial charge on any atom is -0.481 e. The van der Waals surface area contributed by atoms with Gasteiger partial charge in [-0.15, -0.1) is 0 Å². The SMILES string of the molecule is CCCC(Oc1ccc(C(C)(C)C)cc1)C(=O)NN. The monoisotopic (exact) mass is 264 g/mol. The molecule has 1 aromatic carbocycles. The topological polar surface area (TPSA) is 64.3 Å². The molecule has 0 fully saturated rings. The lowest BCUT2D eigenvalue weighted by Crippen LogP contribution is -2.42. The third kappa shape index (κ3) is 4.56. The Morgan fingerprint density at radius 2 is 1.89 bits per heavy atom. The minimum atomic E-state index is -0.532. The summed E-state index contributed by atoms with van der Waals surface area (Å²) in [5, 5.41) is 0. The van der Waals surface area contributed by atoms with E-state index >= 15 is 0 Å². The van der Waals surface area contributed by atoms with Crippen molar-refractivity contribution in [1.29, 1.82) is 0 Å². The molecule has 4 heteroatoms. The van der Waals surface area contributed by atoms with Crippen molar-refractivity contribution in [3.05, 3.63) is 29.8 Å². The van der Waals surface area contributed by atoms with Gasteiger partial charge in [-0.05, 0) is 29.5 Å². The summed E-state index contributed by atoms with van der Waals surface area (Å²) in [5.74, 6) is 5.56. The van der Waals surface area contributed by atoms with Crippen LogP contribution in [0.2, 0.25) is 0 Å². The van der Waals surface area contributed by atoms with Crippen molar-refractivity contribution in [2.24, 2.45) is 5.84 Å². The minimum absolute atomic E-state index is 0.107. The molecule has 0 aromatic heterocycles. The van der Waals surface area contributed by atoms with Crippen LogP contribution in [-0.2, 0) is 10.2 Å². The highest BCUT2D eigenvalue weighted by Gasteiger charge is 2.19. The molecule has 1 aromatic rings. The van der Waals surface area contributed by atoms with E-state index in [1.54, 1.807) is 0 Å². The first-order valence-electron chi connectivity index (χ1n) is 6.66. The van der Waals surface area contributed by atoms with Crippen molar-refractivity contribution in [1.82, 2.24) is 5.43 Å². The van der Waals surface area contributed by atoms with Gasteiger partial charge in [-0.2, -0.15) is 0 Å². The lowest BCUT2D eigenvalue weighted by Gasteiger charge is -2.20. The fraction of sp³-hybridized carbons (Fsp3) is 0.533. The number of hydrazine groups is 1. The van der Waals surface area contributed by atoms with E-state index in [1.165, 1.54) is 5.56 Å². The standard InChI is InChI=1S/C15H24N2O2/c1-5-6-13(14(18)17-16)19-12-9-7-11(8-10-12)15(2,3)4/h7-10,13H,5-6,16H2,1-4H3,(H,17,18). The van der Waals surface area contributed by atoms with E-state index < -0.39 is 6.10 Å². The fourth-order valence-electron chi connectivity index (χ4n) is 1.80. The molecule has 0 aliphatic rings. The first-order chi connectivity index (χ1) is 8.88. The normalized spacial score (nSPS) is 12.9. The van der Waals surface area contributed by atoms with Gasteiger partial charge >= 0.3 is 0 Å². The zero-order chi connectivity index (χ0) is 14.5. The zero-order valence-electron chi connectivity index (χ0n) is 12.2. The first kappa shape index (κ1) is 15.5. The second-order valence-electron chi connectivity index (χ2n) is 5.68. The van der Waals surface area contributed by atoms with Crippen molar-refractivity contribution < 1.29 is 9.53 Å². The molecular weight excluding hydrogens is 240 g/mol. The van der Waals surface area contributed by atoms with E-state index in [9.17, 15) is 4.79 Å². The zero-order valence-corrected chi connectivity index (χ0v) is 12.2. The van der Waals surface area contributed by atoms with Gasteiger partial charge in [0.2, 0.25) is 0 Å². The van der Waals surface area contributed by atoms with Crippen LogP contribution in [0.4, 0.5) is 0 Å². The van der Waals surface area contributed by atoms with E-state index in [0.29, 0.717) is 12.2 Å². The Morgan fingerprint density at radius 3 is 2.32 bits per heavy atom. The molecule has 1 unspecified atom stereocenters. The molecule has 0 heterocycles. The summed E-state index contributed by atoms with van der Waals surface area (Å²) in [6.45, 7) is 8.47. The van der Waals surface area contributed by atoms with Gasteiger partial charge in [0, 0.05) is 0 Å².